The van der Waals surface area contributed by atoms with Gasteiger partial charge < -0.3 is 28.7 Å². The molecule has 2 aromatic carbocycles. The van der Waals surface area contributed by atoms with Crippen molar-refractivity contribution in [3.05, 3.63) is 48.5 Å². The van der Waals surface area contributed by atoms with Crippen molar-refractivity contribution in [3.63, 3.8) is 0 Å². The van der Waals surface area contributed by atoms with Crippen LogP contribution in [-0.4, -0.2) is 17.9 Å². The summed E-state index contributed by atoms with van der Waals surface area (Å²) < 4.78 is 8.45. The standard InChI is InChI=1S/C16H18NOS.HI/c1-3-12-17(2)19-15-10-6-4-8-13(15)18-14-9-5-7-11-16(14)19;/h4-11H,3,12H2,1-2H3;1H/q+1;/p-1. The summed E-state index contributed by atoms with van der Waals surface area (Å²) in [4.78, 5) is 2.58. The Morgan fingerprint density at radius 1 is 0.950 bits per heavy atom. The quantitative estimate of drug-likeness (QED) is 0.566. The molecule has 0 fully saturated rings. The Morgan fingerprint density at radius 3 is 1.95 bits per heavy atom. The van der Waals surface area contributed by atoms with Gasteiger partial charge in [0, 0.05) is 13.6 Å². The molecule has 0 amide bonds. The summed E-state index contributed by atoms with van der Waals surface area (Å²) in [5.41, 5.74) is 0. The van der Waals surface area contributed by atoms with Gasteiger partial charge in [-0.15, -0.1) is 4.31 Å². The Morgan fingerprint density at radius 2 is 1.45 bits per heavy atom. The molecule has 0 spiro atoms. The molecule has 106 valence electrons. The first kappa shape index (κ1) is 15.7. The summed E-state index contributed by atoms with van der Waals surface area (Å²) in [6.45, 7) is 3.31. The highest BCUT2D eigenvalue weighted by Gasteiger charge is 2.40. The Hall–Kier alpha value is -0.720. The van der Waals surface area contributed by atoms with Gasteiger partial charge in [-0.2, -0.15) is 0 Å². The largest absolute Gasteiger partial charge is 1.00 e. The zero-order valence-electron chi connectivity index (χ0n) is 11.7. The first-order valence-corrected chi connectivity index (χ1v) is 7.81. The molecule has 1 heterocycles. The third-order valence-corrected chi connectivity index (χ3v) is 5.50. The van der Waals surface area contributed by atoms with Crippen LogP contribution in [0.2, 0.25) is 0 Å². The van der Waals surface area contributed by atoms with Crippen LogP contribution in [-0.2, 0) is 11.1 Å². The van der Waals surface area contributed by atoms with Crippen LogP contribution in [0.3, 0.4) is 0 Å². The van der Waals surface area contributed by atoms with Gasteiger partial charge in [-0.1, -0.05) is 31.2 Å². The van der Waals surface area contributed by atoms with Crippen LogP contribution in [0.15, 0.2) is 58.3 Å². The maximum Gasteiger partial charge on any atom is 0.224 e. The number of ether oxygens (including phenoxy) is 1. The second-order valence-corrected chi connectivity index (χ2v) is 6.70. The highest BCUT2D eigenvalue weighted by atomic mass is 127. The van der Waals surface area contributed by atoms with E-state index in [2.05, 4.69) is 54.7 Å². The van der Waals surface area contributed by atoms with Crippen molar-refractivity contribution in [2.45, 2.75) is 23.1 Å². The Bertz CT molecular complexity index is 545. The molecule has 0 N–H and O–H groups in total. The van der Waals surface area contributed by atoms with Crippen molar-refractivity contribution in [2.24, 2.45) is 0 Å². The fraction of sp³-hybridized carbons (Fsp3) is 0.250. The number of fused-ring (bicyclic) bond motifs is 2. The average Bonchev–Trinajstić information content (AvgIpc) is 2.44. The van der Waals surface area contributed by atoms with Crippen LogP contribution in [0.5, 0.6) is 11.5 Å². The summed E-state index contributed by atoms with van der Waals surface area (Å²) >= 11 is -0.0308. The van der Waals surface area contributed by atoms with Gasteiger partial charge in [-0.3, -0.25) is 0 Å². The maximum absolute atomic E-state index is 6.02. The second-order valence-electron chi connectivity index (χ2n) is 4.63. The molecule has 0 saturated heterocycles. The molecule has 1 aliphatic heterocycles. The molecule has 20 heavy (non-hydrogen) atoms. The lowest BCUT2D eigenvalue weighted by molar-refractivity contribution is -0.00000449. The molecule has 0 bridgehead atoms. The third kappa shape index (κ3) is 2.82. The highest BCUT2D eigenvalue weighted by molar-refractivity contribution is 7.95. The van der Waals surface area contributed by atoms with Crippen molar-refractivity contribution in [1.29, 1.82) is 0 Å². The molecule has 3 rings (SSSR count). The van der Waals surface area contributed by atoms with E-state index in [1.807, 2.05) is 12.1 Å². The predicted molar refractivity (Wildman–Crippen MR) is 79.8 cm³/mol. The lowest BCUT2D eigenvalue weighted by Gasteiger charge is -2.23. The SMILES string of the molecule is CCCN(C)[S+]1c2ccccc2Oc2ccccc21.[I-]. The first-order valence-electron chi connectivity index (χ1n) is 6.62. The van der Waals surface area contributed by atoms with E-state index in [1.165, 1.54) is 9.79 Å². The van der Waals surface area contributed by atoms with Gasteiger partial charge in [0.05, 0.1) is 0 Å². The van der Waals surface area contributed by atoms with Gasteiger partial charge in [0.15, 0.2) is 22.6 Å². The van der Waals surface area contributed by atoms with Gasteiger partial charge in [0.1, 0.15) is 0 Å². The number of hydrogen-bond donors (Lipinski definition) is 0. The average molecular weight is 399 g/mol. The Labute approximate surface area is 140 Å². The fourth-order valence-corrected chi connectivity index (χ4v) is 4.66. The first-order chi connectivity index (χ1) is 9.31. The summed E-state index contributed by atoms with van der Waals surface area (Å²) in [5, 5.41) is 0. The molecule has 0 saturated carbocycles. The lowest BCUT2D eigenvalue weighted by Crippen LogP contribution is -3.00. The van der Waals surface area contributed by atoms with Crippen LogP contribution in [0.4, 0.5) is 0 Å². The predicted octanol–water partition coefficient (Wildman–Crippen LogP) is 1.09. The van der Waals surface area contributed by atoms with E-state index >= 15 is 0 Å². The number of nitrogens with zero attached hydrogens (tertiary/aromatic N) is 1. The summed E-state index contributed by atoms with van der Waals surface area (Å²) in [5.74, 6) is 1.99. The molecule has 4 heteroatoms. The minimum atomic E-state index is -0.0308. The molecule has 0 aromatic heterocycles. The van der Waals surface area contributed by atoms with Crippen LogP contribution in [0.1, 0.15) is 13.3 Å². The summed E-state index contributed by atoms with van der Waals surface area (Å²) in [7, 11) is 2.20. The van der Waals surface area contributed by atoms with E-state index in [-0.39, 0.29) is 35.1 Å². The number of benzene rings is 2. The molecule has 2 nitrogen and oxygen atoms in total. The smallest absolute Gasteiger partial charge is 0.224 e. The van der Waals surface area contributed by atoms with Crippen molar-refractivity contribution < 1.29 is 28.7 Å². The van der Waals surface area contributed by atoms with Crippen LogP contribution in [0, 0.1) is 0 Å². The van der Waals surface area contributed by atoms with E-state index in [0.29, 0.717) is 0 Å². The van der Waals surface area contributed by atoms with E-state index in [1.54, 1.807) is 0 Å². The van der Waals surface area contributed by atoms with Crippen molar-refractivity contribution in [2.75, 3.05) is 13.6 Å². The normalized spacial score (nSPS) is 13.2. The maximum atomic E-state index is 6.02. The van der Waals surface area contributed by atoms with Crippen molar-refractivity contribution >= 4 is 11.1 Å². The van der Waals surface area contributed by atoms with Crippen LogP contribution >= 0.6 is 0 Å². The molecule has 0 radical (unpaired) electrons. The molecular formula is C16H18INOS. The van der Waals surface area contributed by atoms with E-state index in [0.717, 1.165) is 24.5 Å². The van der Waals surface area contributed by atoms with Gasteiger partial charge in [-0.25, -0.2) is 0 Å². The molecule has 0 unspecified atom stereocenters. The molecule has 0 aliphatic carbocycles. The summed E-state index contributed by atoms with van der Waals surface area (Å²) in [6, 6.07) is 16.7. The summed E-state index contributed by atoms with van der Waals surface area (Å²) in [6.07, 6.45) is 1.16. The van der Waals surface area contributed by atoms with Crippen molar-refractivity contribution in [1.82, 2.24) is 4.31 Å². The van der Waals surface area contributed by atoms with Crippen molar-refractivity contribution in [3.8, 4) is 11.5 Å². The van der Waals surface area contributed by atoms with E-state index in [4.69, 9.17) is 4.74 Å². The molecule has 1 aliphatic rings. The Kier molecular flexibility index (Phi) is 5.35. The third-order valence-electron chi connectivity index (χ3n) is 3.19. The van der Waals surface area contributed by atoms with E-state index < -0.39 is 0 Å². The highest BCUT2D eigenvalue weighted by Crippen LogP contribution is 2.44. The number of hydrogen-bond acceptors (Lipinski definition) is 2. The molecule has 0 atom stereocenters. The van der Waals surface area contributed by atoms with E-state index in [9.17, 15) is 0 Å². The van der Waals surface area contributed by atoms with Gasteiger partial charge in [-0.05, 0) is 30.7 Å². The van der Waals surface area contributed by atoms with Gasteiger partial charge in [0.25, 0.3) is 0 Å². The number of rotatable bonds is 3. The lowest BCUT2D eigenvalue weighted by atomic mass is 10.3. The molecular weight excluding hydrogens is 381 g/mol. The monoisotopic (exact) mass is 399 g/mol. The minimum Gasteiger partial charge on any atom is -1.00 e. The van der Waals surface area contributed by atoms with Gasteiger partial charge >= 0.3 is 0 Å². The fourth-order valence-electron chi connectivity index (χ4n) is 2.37. The zero-order valence-corrected chi connectivity index (χ0v) is 14.6. The zero-order chi connectivity index (χ0) is 13.2. The van der Waals surface area contributed by atoms with Gasteiger partial charge in [0.2, 0.25) is 9.79 Å². The van der Waals surface area contributed by atoms with Crippen LogP contribution in [0.25, 0.3) is 0 Å². The second kappa shape index (κ2) is 6.83. The number of halogens is 1. The topological polar surface area (TPSA) is 12.5 Å². The number of para-hydroxylation sites is 2. The minimum absolute atomic E-state index is 0. The molecule has 2 aromatic rings. The van der Waals surface area contributed by atoms with Crippen LogP contribution < -0.4 is 28.7 Å². The Balaban J connectivity index is 0.00000147.